The normalized spacial score (nSPS) is 15.1. The average molecular weight is 213 g/mol. The first kappa shape index (κ1) is 11.5. The molecule has 1 rings (SSSR count). The number of benzene rings is 1. The summed E-state index contributed by atoms with van der Waals surface area (Å²) < 4.78 is 0. The highest BCUT2D eigenvalue weighted by atomic mass is 32.1. The van der Waals surface area contributed by atoms with Crippen LogP contribution in [0, 0.1) is 0 Å². The summed E-state index contributed by atoms with van der Waals surface area (Å²) in [7, 11) is 0. The van der Waals surface area contributed by atoms with E-state index in [9.17, 15) is 10.2 Å². The molecule has 0 fully saturated rings. The van der Waals surface area contributed by atoms with E-state index in [1.165, 1.54) is 0 Å². The summed E-state index contributed by atoms with van der Waals surface area (Å²) in [6.45, 7) is 0.364. The SMILES string of the molecule is NCCC(O)C(O)c1ccc(S)cc1. The summed E-state index contributed by atoms with van der Waals surface area (Å²) in [5.41, 5.74) is 5.97. The van der Waals surface area contributed by atoms with E-state index in [-0.39, 0.29) is 0 Å². The minimum atomic E-state index is -0.868. The van der Waals surface area contributed by atoms with Gasteiger partial charge in [0.05, 0.1) is 6.10 Å². The highest BCUT2D eigenvalue weighted by molar-refractivity contribution is 7.80. The molecule has 4 N–H and O–H groups in total. The Balaban J connectivity index is 2.68. The monoisotopic (exact) mass is 213 g/mol. The van der Waals surface area contributed by atoms with Crippen molar-refractivity contribution in [3.63, 3.8) is 0 Å². The van der Waals surface area contributed by atoms with Crippen LogP contribution in [0.1, 0.15) is 18.1 Å². The van der Waals surface area contributed by atoms with Gasteiger partial charge in [-0.2, -0.15) is 0 Å². The van der Waals surface area contributed by atoms with Crippen LogP contribution >= 0.6 is 12.6 Å². The van der Waals surface area contributed by atoms with Gasteiger partial charge in [0.2, 0.25) is 0 Å². The van der Waals surface area contributed by atoms with Crippen molar-refractivity contribution in [1.29, 1.82) is 0 Å². The minimum Gasteiger partial charge on any atom is -0.390 e. The minimum absolute atomic E-state index is 0.364. The average Bonchev–Trinajstić information content (AvgIpc) is 2.18. The second-order valence-electron chi connectivity index (χ2n) is 3.18. The van der Waals surface area contributed by atoms with Crippen molar-refractivity contribution >= 4 is 12.6 Å². The van der Waals surface area contributed by atoms with Crippen LogP contribution in [-0.4, -0.2) is 22.9 Å². The van der Waals surface area contributed by atoms with E-state index < -0.39 is 12.2 Å². The summed E-state index contributed by atoms with van der Waals surface area (Å²) >= 11 is 4.13. The van der Waals surface area contributed by atoms with Gasteiger partial charge in [-0.15, -0.1) is 12.6 Å². The number of hydrogen-bond donors (Lipinski definition) is 4. The van der Waals surface area contributed by atoms with Gasteiger partial charge in [-0.25, -0.2) is 0 Å². The van der Waals surface area contributed by atoms with Crippen LogP contribution in [0.25, 0.3) is 0 Å². The third kappa shape index (κ3) is 2.99. The van der Waals surface area contributed by atoms with Crippen LogP contribution in [0.4, 0.5) is 0 Å². The molecule has 0 heterocycles. The lowest BCUT2D eigenvalue weighted by Crippen LogP contribution is -2.21. The van der Waals surface area contributed by atoms with Crippen molar-refractivity contribution < 1.29 is 10.2 Å². The van der Waals surface area contributed by atoms with Crippen LogP contribution in [0.3, 0.4) is 0 Å². The molecule has 2 unspecified atom stereocenters. The Labute approximate surface area is 89.0 Å². The molecule has 0 saturated heterocycles. The zero-order valence-corrected chi connectivity index (χ0v) is 8.69. The lowest BCUT2D eigenvalue weighted by atomic mass is 10.0. The van der Waals surface area contributed by atoms with Crippen molar-refractivity contribution in [3.8, 4) is 0 Å². The molecule has 0 aromatic heterocycles. The molecule has 14 heavy (non-hydrogen) atoms. The molecule has 0 aliphatic carbocycles. The molecule has 1 aromatic carbocycles. The molecular weight excluding hydrogens is 198 g/mol. The Bertz CT molecular complexity index is 276. The third-order valence-corrected chi connectivity index (χ3v) is 2.36. The molecular formula is C10H15NO2S. The molecule has 0 bridgehead atoms. The topological polar surface area (TPSA) is 66.5 Å². The van der Waals surface area contributed by atoms with E-state index in [0.29, 0.717) is 18.5 Å². The second-order valence-corrected chi connectivity index (χ2v) is 3.70. The zero-order chi connectivity index (χ0) is 10.6. The van der Waals surface area contributed by atoms with Crippen molar-refractivity contribution in [1.82, 2.24) is 0 Å². The number of aliphatic hydroxyl groups is 2. The van der Waals surface area contributed by atoms with E-state index in [1.54, 1.807) is 24.3 Å². The summed E-state index contributed by atoms with van der Waals surface area (Å²) in [6, 6.07) is 7.03. The van der Waals surface area contributed by atoms with Crippen LogP contribution in [-0.2, 0) is 0 Å². The Morgan fingerprint density at radius 2 is 1.79 bits per heavy atom. The molecule has 0 saturated carbocycles. The number of nitrogens with two attached hydrogens (primary N) is 1. The Morgan fingerprint density at radius 1 is 1.21 bits per heavy atom. The Kier molecular flexibility index (Phi) is 4.41. The lowest BCUT2D eigenvalue weighted by molar-refractivity contribution is 0.0150. The van der Waals surface area contributed by atoms with Gasteiger partial charge in [-0.3, -0.25) is 0 Å². The van der Waals surface area contributed by atoms with Gasteiger partial charge in [0, 0.05) is 4.90 Å². The molecule has 3 nitrogen and oxygen atoms in total. The van der Waals surface area contributed by atoms with Gasteiger partial charge in [-0.05, 0) is 30.7 Å². The van der Waals surface area contributed by atoms with Crippen molar-refractivity contribution in [2.45, 2.75) is 23.5 Å². The maximum atomic E-state index is 9.68. The van der Waals surface area contributed by atoms with Crippen LogP contribution in [0.2, 0.25) is 0 Å². The molecule has 0 aliphatic heterocycles. The zero-order valence-electron chi connectivity index (χ0n) is 7.80. The van der Waals surface area contributed by atoms with E-state index >= 15 is 0 Å². The Hall–Kier alpha value is -0.550. The predicted octanol–water partition coefficient (Wildman–Crippen LogP) is 0.718. The third-order valence-electron chi connectivity index (χ3n) is 2.06. The van der Waals surface area contributed by atoms with Crippen molar-refractivity contribution in [2.24, 2.45) is 5.73 Å². The Morgan fingerprint density at radius 3 is 2.29 bits per heavy atom. The fourth-order valence-electron chi connectivity index (χ4n) is 1.22. The van der Waals surface area contributed by atoms with Gasteiger partial charge >= 0.3 is 0 Å². The fraction of sp³-hybridized carbons (Fsp3) is 0.400. The van der Waals surface area contributed by atoms with Crippen LogP contribution < -0.4 is 5.73 Å². The summed E-state index contributed by atoms with van der Waals surface area (Å²) in [5.74, 6) is 0. The first-order valence-corrected chi connectivity index (χ1v) is 4.95. The smallest absolute Gasteiger partial charge is 0.105 e. The van der Waals surface area contributed by atoms with Gasteiger partial charge < -0.3 is 15.9 Å². The number of aliphatic hydroxyl groups excluding tert-OH is 2. The summed E-state index contributed by atoms with van der Waals surface area (Å²) in [6.07, 6.45) is -1.28. The quantitative estimate of drug-likeness (QED) is 0.557. The molecule has 2 atom stereocenters. The first-order chi connectivity index (χ1) is 6.65. The van der Waals surface area contributed by atoms with Gasteiger partial charge in [0.15, 0.2) is 0 Å². The molecule has 78 valence electrons. The first-order valence-electron chi connectivity index (χ1n) is 4.50. The molecule has 1 aromatic rings. The van der Waals surface area contributed by atoms with E-state index in [2.05, 4.69) is 12.6 Å². The summed E-state index contributed by atoms with van der Waals surface area (Å²) in [4.78, 5) is 0.828. The van der Waals surface area contributed by atoms with Crippen LogP contribution in [0.5, 0.6) is 0 Å². The largest absolute Gasteiger partial charge is 0.390 e. The van der Waals surface area contributed by atoms with Gasteiger partial charge in [-0.1, -0.05) is 12.1 Å². The highest BCUT2D eigenvalue weighted by Gasteiger charge is 2.16. The number of thiol groups is 1. The van der Waals surface area contributed by atoms with Gasteiger partial charge in [0.25, 0.3) is 0 Å². The molecule has 0 amide bonds. The molecule has 0 radical (unpaired) electrons. The second kappa shape index (κ2) is 5.36. The fourth-order valence-corrected chi connectivity index (χ4v) is 1.37. The maximum Gasteiger partial charge on any atom is 0.105 e. The van der Waals surface area contributed by atoms with E-state index in [4.69, 9.17) is 5.73 Å². The maximum absolute atomic E-state index is 9.68. The van der Waals surface area contributed by atoms with E-state index in [0.717, 1.165) is 4.90 Å². The van der Waals surface area contributed by atoms with E-state index in [1.807, 2.05) is 0 Å². The predicted molar refractivity (Wildman–Crippen MR) is 58.3 cm³/mol. The van der Waals surface area contributed by atoms with Crippen LogP contribution in [0.15, 0.2) is 29.2 Å². The van der Waals surface area contributed by atoms with Crippen molar-refractivity contribution in [2.75, 3.05) is 6.54 Å². The number of hydrogen-bond acceptors (Lipinski definition) is 4. The highest BCUT2D eigenvalue weighted by Crippen LogP contribution is 2.19. The number of rotatable bonds is 4. The standard InChI is InChI=1S/C10H15NO2S/c11-6-5-9(12)10(13)7-1-3-8(14)4-2-7/h1-4,9-10,12-14H,5-6,11H2. The van der Waals surface area contributed by atoms with Gasteiger partial charge in [0.1, 0.15) is 6.10 Å². The molecule has 4 heteroatoms. The van der Waals surface area contributed by atoms with Crippen molar-refractivity contribution in [3.05, 3.63) is 29.8 Å². The molecule has 0 aliphatic rings. The molecule has 0 spiro atoms. The summed E-state index contributed by atoms with van der Waals surface area (Å²) in [5, 5.41) is 19.2. The lowest BCUT2D eigenvalue weighted by Gasteiger charge is -2.17.